The van der Waals surface area contributed by atoms with Crippen LogP contribution in [0.15, 0.2) is 22.6 Å². The smallest absolute Gasteiger partial charge is 0.276 e. The Morgan fingerprint density at radius 3 is 2.27 bits per heavy atom. The van der Waals surface area contributed by atoms with Crippen molar-refractivity contribution >= 4 is 11.8 Å². The Hall–Kier alpha value is -2.63. The largest absolute Gasteiger partial charge is 0.445 e. The second-order valence-electron chi connectivity index (χ2n) is 8.69. The van der Waals surface area contributed by atoms with Crippen LogP contribution in [-0.4, -0.2) is 52.8 Å². The second kappa shape index (κ2) is 8.62. The molecule has 30 heavy (non-hydrogen) atoms. The molecule has 2 amide bonds. The van der Waals surface area contributed by atoms with Gasteiger partial charge in [0.2, 0.25) is 0 Å². The van der Waals surface area contributed by atoms with Gasteiger partial charge in [0.15, 0.2) is 11.6 Å². The lowest BCUT2D eigenvalue weighted by atomic mass is 9.95. The fraction of sp³-hybridized carbons (Fsp3) is 0.542. The Bertz CT molecular complexity index is 935. The van der Waals surface area contributed by atoms with Crippen molar-refractivity contribution in [3.05, 3.63) is 52.2 Å². The second-order valence-corrected chi connectivity index (χ2v) is 8.69. The van der Waals surface area contributed by atoms with Crippen molar-refractivity contribution < 1.29 is 14.0 Å². The number of oxazole rings is 1. The Labute approximate surface area is 178 Å². The van der Waals surface area contributed by atoms with Gasteiger partial charge in [-0.15, -0.1) is 0 Å². The van der Waals surface area contributed by atoms with E-state index in [2.05, 4.69) is 11.1 Å². The molecule has 0 spiro atoms. The molecule has 0 radical (unpaired) electrons. The van der Waals surface area contributed by atoms with E-state index in [-0.39, 0.29) is 17.7 Å². The number of rotatable bonds is 3. The molecule has 2 fully saturated rings. The van der Waals surface area contributed by atoms with Crippen LogP contribution in [0.1, 0.15) is 81.6 Å². The van der Waals surface area contributed by atoms with Crippen LogP contribution in [0.3, 0.4) is 0 Å². The van der Waals surface area contributed by atoms with E-state index in [1.807, 2.05) is 42.7 Å². The number of aromatic nitrogens is 1. The average Bonchev–Trinajstić information content (AvgIpc) is 3.15. The first-order valence-electron chi connectivity index (χ1n) is 11.1. The van der Waals surface area contributed by atoms with Crippen molar-refractivity contribution in [3.8, 4) is 0 Å². The van der Waals surface area contributed by atoms with Crippen molar-refractivity contribution in [1.29, 1.82) is 0 Å². The maximum atomic E-state index is 12.9. The summed E-state index contributed by atoms with van der Waals surface area (Å²) in [6, 6.07) is 5.97. The maximum absolute atomic E-state index is 12.9. The van der Waals surface area contributed by atoms with Crippen LogP contribution in [0.4, 0.5) is 0 Å². The highest BCUT2D eigenvalue weighted by atomic mass is 16.4. The number of benzene rings is 1. The molecule has 2 aliphatic rings. The predicted octanol–water partition coefficient (Wildman–Crippen LogP) is 4.25. The molecule has 0 unspecified atom stereocenters. The third-order valence-corrected chi connectivity index (χ3v) is 6.40. The SMILES string of the molecule is Cc1ccc(C(=O)N2CCC(c3nc(C(=O)N4CCCCC4)c(C)o3)CC2)c(C)c1. The molecule has 0 saturated carbocycles. The number of piperidine rings is 2. The minimum absolute atomic E-state index is 0.00957. The topological polar surface area (TPSA) is 66.7 Å². The minimum atomic E-state index is -0.00957. The standard InChI is InChI=1S/C24H31N3O3/c1-16-7-8-20(17(2)15-16)23(28)27-13-9-19(10-14-27)22-25-21(18(3)30-22)24(29)26-11-5-4-6-12-26/h7-8,15,19H,4-6,9-14H2,1-3H3. The van der Waals surface area contributed by atoms with Gasteiger partial charge in [0.1, 0.15) is 5.76 Å². The van der Waals surface area contributed by atoms with Crippen LogP contribution in [0, 0.1) is 20.8 Å². The molecule has 0 N–H and O–H groups in total. The van der Waals surface area contributed by atoms with Gasteiger partial charge in [-0.3, -0.25) is 9.59 Å². The lowest BCUT2D eigenvalue weighted by Crippen LogP contribution is -2.38. The first kappa shape index (κ1) is 20.6. The van der Waals surface area contributed by atoms with Crippen molar-refractivity contribution in [2.75, 3.05) is 26.2 Å². The van der Waals surface area contributed by atoms with Crippen LogP contribution in [0.5, 0.6) is 0 Å². The van der Waals surface area contributed by atoms with E-state index in [1.165, 1.54) is 6.42 Å². The van der Waals surface area contributed by atoms with E-state index >= 15 is 0 Å². The molecular formula is C24H31N3O3. The molecule has 0 bridgehead atoms. The number of likely N-dealkylation sites (tertiary alicyclic amines) is 2. The molecule has 1 aromatic carbocycles. The number of carbonyl (C=O) groups excluding carboxylic acids is 2. The Morgan fingerprint density at radius 2 is 1.60 bits per heavy atom. The quantitative estimate of drug-likeness (QED) is 0.760. The predicted molar refractivity (Wildman–Crippen MR) is 115 cm³/mol. The molecule has 6 nitrogen and oxygen atoms in total. The lowest BCUT2D eigenvalue weighted by molar-refractivity contribution is 0.0703. The van der Waals surface area contributed by atoms with Gasteiger partial charge in [-0.2, -0.15) is 0 Å². The minimum Gasteiger partial charge on any atom is -0.445 e. The third kappa shape index (κ3) is 4.13. The molecule has 160 valence electrons. The van der Waals surface area contributed by atoms with Gasteiger partial charge in [-0.05, 0) is 64.5 Å². The van der Waals surface area contributed by atoms with Crippen molar-refractivity contribution in [2.45, 2.75) is 58.8 Å². The van der Waals surface area contributed by atoms with E-state index in [0.29, 0.717) is 30.4 Å². The van der Waals surface area contributed by atoms with Crippen LogP contribution < -0.4 is 0 Å². The molecule has 3 heterocycles. The zero-order valence-electron chi connectivity index (χ0n) is 18.2. The fourth-order valence-electron chi connectivity index (χ4n) is 4.59. The van der Waals surface area contributed by atoms with E-state index in [4.69, 9.17) is 4.42 Å². The number of hydrogen-bond donors (Lipinski definition) is 0. The van der Waals surface area contributed by atoms with Gasteiger partial charge in [0.05, 0.1) is 0 Å². The Balaban J connectivity index is 1.40. The number of nitrogens with zero attached hydrogens (tertiary/aromatic N) is 3. The zero-order valence-corrected chi connectivity index (χ0v) is 18.2. The summed E-state index contributed by atoms with van der Waals surface area (Å²) in [5.41, 5.74) is 3.42. The Morgan fingerprint density at radius 1 is 0.933 bits per heavy atom. The highest BCUT2D eigenvalue weighted by Gasteiger charge is 2.30. The summed E-state index contributed by atoms with van der Waals surface area (Å²) in [6.07, 6.45) is 4.90. The molecule has 4 rings (SSSR count). The number of amides is 2. The van der Waals surface area contributed by atoms with Crippen LogP contribution in [-0.2, 0) is 0 Å². The molecule has 6 heteroatoms. The molecule has 2 aromatic rings. The lowest BCUT2D eigenvalue weighted by Gasteiger charge is -2.31. The summed E-state index contributed by atoms with van der Waals surface area (Å²) in [5, 5.41) is 0. The number of carbonyl (C=O) groups is 2. The molecule has 2 saturated heterocycles. The highest BCUT2D eigenvalue weighted by molar-refractivity contribution is 5.96. The zero-order chi connectivity index (χ0) is 21.3. The number of hydrogen-bond acceptors (Lipinski definition) is 4. The van der Waals surface area contributed by atoms with Gasteiger partial charge in [0.25, 0.3) is 11.8 Å². The summed E-state index contributed by atoms with van der Waals surface area (Å²) in [4.78, 5) is 34.2. The van der Waals surface area contributed by atoms with E-state index in [0.717, 1.165) is 55.5 Å². The molecular weight excluding hydrogens is 378 g/mol. The monoisotopic (exact) mass is 409 g/mol. The first-order chi connectivity index (χ1) is 14.4. The summed E-state index contributed by atoms with van der Waals surface area (Å²) >= 11 is 0. The van der Waals surface area contributed by atoms with E-state index < -0.39 is 0 Å². The third-order valence-electron chi connectivity index (χ3n) is 6.40. The molecule has 2 aliphatic heterocycles. The summed E-state index contributed by atoms with van der Waals surface area (Å²) < 4.78 is 5.92. The molecule has 0 aliphatic carbocycles. The van der Waals surface area contributed by atoms with Gasteiger partial charge < -0.3 is 14.2 Å². The van der Waals surface area contributed by atoms with Gasteiger partial charge in [-0.25, -0.2) is 4.98 Å². The highest BCUT2D eigenvalue weighted by Crippen LogP contribution is 2.30. The van der Waals surface area contributed by atoms with Crippen molar-refractivity contribution in [1.82, 2.24) is 14.8 Å². The van der Waals surface area contributed by atoms with Crippen LogP contribution in [0.25, 0.3) is 0 Å². The summed E-state index contributed by atoms with van der Waals surface area (Å²) in [5.74, 6) is 1.48. The number of aryl methyl sites for hydroxylation is 3. The van der Waals surface area contributed by atoms with Crippen molar-refractivity contribution in [2.24, 2.45) is 0 Å². The van der Waals surface area contributed by atoms with Gasteiger partial charge >= 0.3 is 0 Å². The molecule has 0 atom stereocenters. The van der Waals surface area contributed by atoms with E-state index in [1.54, 1.807) is 0 Å². The molecule has 1 aromatic heterocycles. The normalized spacial score (nSPS) is 18.0. The first-order valence-corrected chi connectivity index (χ1v) is 11.1. The maximum Gasteiger partial charge on any atom is 0.276 e. The fourth-order valence-corrected chi connectivity index (χ4v) is 4.59. The summed E-state index contributed by atoms with van der Waals surface area (Å²) in [6.45, 7) is 8.81. The van der Waals surface area contributed by atoms with E-state index in [9.17, 15) is 9.59 Å². The van der Waals surface area contributed by atoms with Gasteiger partial charge in [0, 0.05) is 37.7 Å². The average molecular weight is 410 g/mol. The van der Waals surface area contributed by atoms with Crippen LogP contribution in [0.2, 0.25) is 0 Å². The van der Waals surface area contributed by atoms with Crippen molar-refractivity contribution in [3.63, 3.8) is 0 Å². The van der Waals surface area contributed by atoms with Crippen LogP contribution >= 0.6 is 0 Å². The Kier molecular flexibility index (Phi) is 5.93. The van der Waals surface area contributed by atoms with Gasteiger partial charge in [-0.1, -0.05) is 17.7 Å². The summed E-state index contributed by atoms with van der Waals surface area (Å²) in [7, 11) is 0.